The molecule has 4 atom stereocenters. The number of sulfonamides is 1. The molecule has 15 nitrogen and oxygen atoms in total. The van der Waals surface area contributed by atoms with Gasteiger partial charge in [0.05, 0.1) is 24.7 Å². The van der Waals surface area contributed by atoms with Crippen LogP contribution < -0.4 is 40.0 Å². The first kappa shape index (κ1) is 56.1. The minimum absolute atomic E-state index is 0.00236. The Balaban J connectivity index is 1.14. The average molecular weight is 1050 g/mol. The lowest BCUT2D eigenvalue weighted by atomic mass is 9.81. The molecule has 0 fully saturated rings. The minimum atomic E-state index is -4.22. The first-order chi connectivity index (χ1) is 36.3. The fourth-order valence-corrected chi connectivity index (χ4v) is 11.1. The molecule has 0 spiro atoms. The molecule has 7 rings (SSSR count). The van der Waals surface area contributed by atoms with E-state index in [2.05, 4.69) is 33.9 Å². The zero-order valence-electron chi connectivity index (χ0n) is 45.0. The summed E-state index contributed by atoms with van der Waals surface area (Å²) in [7, 11) is -2.99. The molecule has 6 aromatic rings. The third-order valence-corrected chi connectivity index (χ3v) is 15.8. The van der Waals surface area contributed by atoms with Crippen LogP contribution in [0.2, 0.25) is 0 Å². The molecule has 5 N–H and O–H groups in total. The molecule has 1 aliphatic rings. The van der Waals surface area contributed by atoms with Gasteiger partial charge in [0, 0.05) is 17.5 Å². The number of hydrogen-bond donors (Lipinski definition) is 4. The number of fused-ring (bicyclic) bond motifs is 3. The molecule has 1 aliphatic heterocycles. The number of amides is 2. The Kier molecular flexibility index (Phi) is 18.0. The number of hydrogen-bond acceptors (Lipinski definition) is 11. The molecule has 0 saturated heterocycles. The van der Waals surface area contributed by atoms with Crippen molar-refractivity contribution in [1.29, 1.82) is 0 Å². The van der Waals surface area contributed by atoms with E-state index in [1.165, 1.54) is 7.11 Å². The number of benzene rings is 6. The molecular weight excluding hydrogens is 983 g/mol. The Bertz CT molecular complexity index is 3260. The zero-order chi connectivity index (χ0) is 54.9. The van der Waals surface area contributed by atoms with Gasteiger partial charge < -0.3 is 40.1 Å². The number of methoxy groups -OCH3 is 1. The van der Waals surface area contributed by atoms with E-state index in [0.717, 1.165) is 50.2 Å². The van der Waals surface area contributed by atoms with Crippen LogP contribution in [0, 0.1) is 26.7 Å². The number of esters is 1. The molecule has 0 bridgehead atoms. The summed E-state index contributed by atoms with van der Waals surface area (Å²) in [6.07, 6.45) is 3.37. The number of carbonyl (C=O) groups excluding carboxylic acids is 3. The van der Waals surface area contributed by atoms with Gasteiger partial charge in [0.15, 0.2) is 6.61 Å². The topological polar surface area (TPSA) is 206 Å². The molecule has 402 valence electrons. The first-order valence-corrected chi connectivity index (χ1v) is 27.2. The molecule has 0 aliphatic carbocycles. The van der Waals surface area contributed by atoms with E-state index in [9.17, 15) is 22.8 Å². The summed E-state index contributed by atoms with van der Waals surface area (Å²) in [6.45, 7) is 19.4. The van der Waals surface area contributed by atoms with Crippen molar-refractivity contribution >= 4 is 55.3 Å². The maximum absolute atomic E-state index is 14.4. The normalized spacial score (nSPS) is 15.3. The van der Waals surface area contributed by atoms with E-state index >= 15 is 0 Å². The smallest absolute Gasteiger partial charge is 0.328 e. The van der Waals surface area contributed by atoms with Crippen LogP contribution in [0.5, 0.6) is 23.0 Å². The second kappa shape index (κ2) is 24.4. The Morgan fingerprint density at radius 2 is 1.45 bits per heavy atom. The lowest BCUT2D eigenvalue weighted by Crippen LogP contribution is -2.53. The van der Waals surface area contributed by atoms with Gasteiger partial charge in [0.2, 0.25) is 11.9 Å². The van der Waals surface area contributed by atoms with Gasteiger partial charge in [-0.2, -0.15) is 0 Å². The molecular formula is C60H71N5O10S. The molecule has 0 saturated carbocycles. The highest BCUT2D eigenvalue weighted by Gasteiger charge is 2.38. The number of nitrogens with two attached hydrogens (primary N) is 1. The summed E-state index contributed by atoms with van der Waals surface area (Å²) < 4.78 is 60.7. The molecule has 16 heteroatoms. The quantitative estimate of drug-likeness (QED) is 0.0218. The molecule has 1 heterocycles. The molecule has 0 unspecified atom stereocenters. The lowest BCUT2D eigenvalue weighted by Gasteiger charge is -2.40. The van der Waals surface area contributed by atoms with Crippen LogP contribution in [0.3, 0.4) is 0 Å². The van der Waals surface area contributed by atoms with Crippen LogP contribution in [0.1, 0.15) is 81.7 Å². The summed E-state index contributed by atoms with van der Waals surface area (Å²) in [5.41, 5.74) is 10.8. The number of rotatable bonds is 22. The standard InChI is InChI=1S/C60H71N5O10S/c1-11-31-72-44-26-22-41(23-27-44)34-49(58(68)71-10)64-57(67)48(28-21-37(4)62-59(61)65-76(69,70)56-39(6)38(5)55-47(40(56)7)33-36(3)60(8,9)75-55)63-52(66)35-74-51-30-25-43-18-14-16-20-46(43)54(51)53-45-19-15-13-17-42(45)24-29-50(53)73-32-12-2/h12-20,22-27,29-30,36-37,48-49H,2,11,21,28,31-35H2,1,3-10H3,(H,63,66)(H,64,67)(H3,61,62,65)/t36-,37+,48-,49+/m1/s1. The molecule has 76 heavy (non-hydrogen) atoms. The number of nitrogens with zero attached hydrogens (tertiary/aromatic N) is 1. The van der Waals surface area contributed by atoms with Gasteiger partial charge in [-0.3, -0.25) is 9.59 Å². The Morgan fingerprint density at radius 3 is 2.05 bits per heavy atom. The fourth-order valence-electron chi connectivity index (χ4n) is 9.62. The third kappa shape index (κ3) is 12.9. The van der Waals surface area contributed by atoms with Gasteiger partial charge in [0.25, 0.3) is 15.9 Å². The lowest BCUT2D eigenvalue weighted by molar-refractivity contribution is -0.145. The highest BCUT2D eigenvalue weighted by Crippen LogP contribution is 2.46. The highest BCUT2D eigenvalue weighted by atomic mass is 32.2. The summed E-state index contributed by atoms with van der Waals surface area (Å²) in [4.78, 5) is 46.5. The van der Waals surface area contributed by atoms with Crippen LogP contribution in [0.25, 0.3) is 32.7 Å². The van der Waals surface area contributed by atoms with Crippen molar-refractivity contribution in [2.75, 3.05) is 26.9 Å². The largest absolute Gasteiger partial charge is 0.494 e. The Hall–Kier alpha value is -7.59. The Labute approximate surface area is 446 Å². The van der Waals surface area contributed by atoms with E-state index in [-0.39, 0.29) is 42.6 Å². The number of guanidine groups is 1. The van der Waals surface area contributed by atoms with Gasteiger partial charge in [-0.15, -0.1) is 0 Å². The summed E-state index contributed by atoms with van der Waals surface area (Å²) in [5.74, 6) is 0.162. The zero-order valence-corrected chi connectivity index (χ0v) is 45.8. The second-order valence-corrected chi connectivity index (χ2v) is 21.6. The average Bonchev–Trinajstić information content (AvgIpc) is 3.43. The van der Waals surface area contributed by atoms with Crippen LogP contribution in [0.15, 0.2) is 120 Å². The monoisotopic (exact) mass is 1050 g/mol. The van der Waals surface area contributed by atoms with Crippen molar-refractivity contribution in [3.63, 3.8) is 0 Å². The van der Waals surface area contributed by atoms with Crippen LogP contribution >= 0.6 is 0 Å². The summed E-state index contributed by atoms with van der Waals surface area (Å²) >= 11 is 0. The SMILES string of the molecule is C=CCOc1ccc2ccccc2c1-c1c(OCC(=O)N[C@H](CC[C@H](C)N=C(N)NS(=O)(=O)c2c(C)c(C)c3c(c2C)C[C@@H](C)C(C)(C)O3)C(=O)N[C@@H](Cc2ccc(OCCC)cc2)C(=O)OC)ccc2ccccc12. The highest BCUT2D eigenvalue weighted by molar-refractivity contribution is 7.90. The van der Waals surface area contributed by atoms with Gasteiger partial charge >= 0.3 is 5.97 Å². The van der Waals surface area contributed by atoms with Crippen molar-refractivity contribution in [3.8, 4) is 34.1 Å². The van der Waals surface area contributed by atoms with Gasteiger partial charge in [0.1, 0.15) is 47.3 Å². The van der Waals surface area contributed by atoms with Crippen LogP contribution in [-0.4, -0.2) is 82.8 Å². The predicted molar refractivity (Wildman–Crippen MR) is 299 cm³/mol. The number of ether oxygens (including phenoxy) is 5. The molecule has 2 amide bonds. The van der Waals surface area contributed by atoms with Crippen molar-refractivity contribution in [2.45, 2.75) is 116 Å². The van der Waals surface area contributed by atoms with Crippen molar-refractivity contribution < 1.29 is 46.5 Å². The van der Waals surface area contributed by atoms with Crippen molar-refractivity contribution in [1.82, 2.24) is 15.4 Å². The first-order valence-electron chi connectivity index (χ1n) is 25.7. The summed E-state index contributed by atoms with van der Waals surface area (Å²) in [6, 6.07) is 27.6. The van der Waals surface area contributed by atoms with E-state index in [4.69, 9.17) is 29.4 Å². The maximum atomic E-state index is 14.4. The molecule has 6 aromatic carbocycles. The molecule has 0 radical (unpaired) electrons. The van der Waals surface area contributed by atoms with E-state index in [1.807, 2.05) is 94.4 Å². The Morgan fingerprint density at radius 1 is 0.829 bits per heavy atom. The van der Waals surface area contributed by atoms with E-state index < -0.39 is 58.1 Å². The fraction of sp³-hybridized carbons (Fsp3) is 0.367. The maximum Gasteiger partial charge on any atom is 0.328 e. The van der Waals surface area contributed by atoms with Crippen LogP contribution in [0.4, 0.5) is 0 Å². The minimum Gasteiger partial charge on any atom is -0.494 e. The number of nitrogens with one attached hydrogen (secondary N) is 3. The van der Waals surface area contributed by atoms with Gasteiger partial charge in [-0.25, -0.2) is 22.9 Å². The van der Waals surface area contributed by atoms with Crippen molar-refractivity contribution in [3.05, 3.63) is 138 Å². The van der Waals surface area contributed by atoms with Gasteiger partial charge in [-0.05, 0) is 147 Å². The summed E-state index contributed by atoms with van der Waals surface area (Å²) in [5, 5.41) is 9.33. The predicted octanol–water partition coefficient (Wildman–Crippen LogP) is 9.51. The van der Waals surface area contributed by atoms with Gasteiger partial charge in [-0.1, -0.05) is 99.3 Å². The van der Waals surface area contributed by atoms with Crippen LogP contribution in [-0.2, 0) is 42.0 Å². The number of aliphatic imine (C=N–C) groups is 1. The van der Waals surface area contributed by atoms with E-state index in [0.29, 0.717) is 52.7 Å². The molecule has 0 aromatic heterocycles. The third-order valence-electron chi connectivity index (χ3n) is 14.2. The van der Waals surface area contributed by atoms with E-state index in [1.54, 1.807) is 57.2 Å². The second-order valence-electron chi connectivity index (χ2n) is 20.0. The van der Waals surface area contributed by atoms with Crippen molar-refractivity contribution in [2.24, 2.45) is 16.6 Å². The number of carbonyl (C=O) groups is 3.